The lowest BCUT2D eigenvalue weighted by Crippen LogP contribution is -2.47. The van der Waals surface area contributed by atoms with Crippen LogP contribution in [0.15, 0.2) is 54.6 Å². The molecule has 0 aliphatic carbocycles. The van der Waals surface area contributed by atoms with E-state index in [-0.39, 0.29) is 17.7 Å². The van der Waals surface area contributed by atoms with Crippen LogP contribution >= 0.6 is 0 Å². The number of likely N-dealkylation sites (tertiary alicyclic amines) is 1. The van der Waals surface area contributed by atoms with Gasteiger partial charge in [0.05, 0.1) is 12.0 Å². The van der Waals surface area contributed by atoms with Crippen molar-refractivity contribution >= 4 is 0 Å². The van der Waals surface area contributed by atoms with Crippen molar-refractivity contribution in [2.45, 2.75) is 51.2 Å². The second-order valence-electron chi connectivity index (χ2n) is 7.25. The zero-order chi connectivity index (χ0) is 17.8. The minimum Gasteiger partial charge on any atom is -0.294 e. The molecule has 3 rings (SSSR count). The van der Waals surface area contributed by atoms with Crippen molar-refractivity contribution in [1.82, 2.24) is 4.90 Å². The van der Waals surface area contributed by atoms with E-state index in [1.807, 2.05) is 12.1 Å². The van der Waals surface area contributed by atoms with Crippen LogP contribution in [0.5, 0.6) is 0 Å². The summed E-state index contributed by atoms with van der Waals surface area (Å²) in [6.07, 6.45) is 1.93. The predicted molar refractivity (Wildman–Crippen MR) is 98.4 cm³/mol. The Morgan fingerprint density at radius 3 is 2.36 bits per heavy atom. The third-order valence-corrected chi connectivity index (χ3v) is 5.45. The summed E-state index contributed by atoms with van der Waals surface area (Å²) in [5.74, 6) is -0.233. The summed E-state index contributed by atoms with van der Waals surface area (Å²) in [5.41, 5.74) is 2.13. The SMILES string of the molecule is C[C@@H]1CC(C(C#N)c2cccc(F)c2)C[C@@H](C)N1Cc1ccccc1. The second-order valence-corrected chi connectivity index (χ2v) is 7.25. The molecule has 2 aromatic carbocycles. The van der Waals surface area contributed by atoms with Gasteiger partial charge in [0.2, 0.25) is 0 Å². The Kier molecular flexibility index (Phi) is 5.50. The number of rotatable bonds is 4. The normalized spacial score (nSPS) is 25.3. The molecule has 1 aliphatic rings. The molecule has 1 aliphatic heterocycles. The lowest BCUT2D eigenvalue weighted by molar-refractivity contribution is 0.0590. The van der Waals surface area contributed by atoms with Crippen molar-refractivity contribution < 1.29 is 4.39 Å². The number of piperidine rings is 1. The van der Waals surface area contributed by atoms with Gasteiger partial charge in [-0.3, -0.25) is 4.90 Å². The van der Waals surface area contributed by atoms with E-state index >= 15 is 0 Å². The van der Waals surface area contributed by atoms with Crippen LogP contribution in [-0.2, 0) is 6.54 Å². The highest BCUT2D eigenvalue weighted by Gasteiger charge is 2.35. The Balaban J connectivity index is 1.73. The Morgan fingerprint density at radius 2 is 1.76 bits per heavy atom. The quantitative estimate of drug-likeness (QED) is 0.774. The highest BCUT2D eigenvalue weighted by molar-refractivity contribution is 5.27. The molecule has 2 nitrogen and oxygen atoms in total. The van der Waals surface area contributed by atoms with Gasteiger partial charge < -0.3 is 0 Å². The first-order valence-corrected chi connectivity index (χ1v) is 9.03. The second kappa shape index (κ2) is 7.80. The van der Waals surface area contributed by atoms with E-state index in [4.69, 9.17) is 0 Å². The van der Waals surface area contributed by atoms with Crippen molar-refractivity contribution in [2.75, 3.05) is 0 Å². The van der Waals surface area contributed by atoms with Crippen LogP contribution in [0.3, 0.4) is 0 Å². The molecule has 0 radical (unpaired) electrons. The molecule has 0 N–H and O–H groups in total. The molecule has 0 aromatic heterocycles. The summed E-state index contributed by atoms with van der Waals surface area (Å²) in [6, 6.07) is 20.3. The van der Waals surface area contributed by atoms with Crippen LogP contribution in [0, 0.1) is 23.1 Å². The molecule has 2 aromatic rings. The third-order valence-electron chi connectivity index (χ3n) is 5.45. The molecule has 1 heterocycles. The van der Waals surface area contributed by atoms with Crippen LogP contribution in [0.2, 0.25) is 0 Å². The Labute approximate surface area is 149 Å². The van der Waals surface area contributed by atoms with Crippen LogP contribution < -0.4 is 0 Å². The van der Waals surface area contributed by atoms with Crippen LogP contribution in [-0.4, -0.2) is 17.0 Å². The van der Waals surface area contributed by atoms with E-state index in [1.54, 1.807) is 6.07 Å². The van der Waals surface area contributed by atoms with Crippen molar-refractivity contribution in [2.24, 2.45) is 5.92 Å². The van der Waals surface area contributed by atoms with Gasteiger partial charge in [-0.1, -0.05) is 42.5 Å². The molecule has 0 bridgehead atoms. The number of hydrogen-bond acceptors (Lipinski definition) is 2. The van der Waals surface area contributed by atoms with Gasteiger partial charge in [0, 0.05) is 18.6 Å². The Bertz CT molecular complexity index is 725. The van der Waals surface area contributed by atoms with Gasteiger partial charge in [-0.05, 0) is 55.9 Å². The molecule has 130 valence electrons. The van der Waals surface area contributed by atoms with Gasteiger partial charge in [0.15, 0.2) is 0 Å². The molecular formula is C22H25FN2. The van der Waals surface area contributed by atoms with Gasteiger partial charge >= 0.3 is 0 Å². The smallest absolute Gasteiger partial charge is 0.123 e. The van der Waals surface area contributed by atoms with Crippen molar-refractivity contribution in [3.63, 3.8) is 0 Å². The van der Waals surface area contributed by atoms with E-state index in [0.717, 1.165) is 24.9 Å². The zero-order valence-electron chi connectivity index (χ0n) is 14.9. The lowest BCUT2D eigenvalue weighted by atomic mass is 9.76. The number of hydrogen-bond donors (Lipinski definition) is 0. The third kappa shape index (κ3) is 4.08. The lowest BCUT2D eigenvalue weighted by Gasteiger charge is -2.44. The van der Waals surface area contributed by atoms with E-state index in [2.05, 4.69) is 49.1 Å². The zero-order valence-corrected chi connectivity index (χ0v) is 14.9. The Hall–Kier alpha value is -2.18. The maximum absolute atomic E-state index is 13.6. The minimum absolute atomic E-state index is 0.237. The van der Waals surface area contributed by atoms with Crippen LogP contribution in [0.1, 0.15) is 43.7 Å². The summed E-state index contributed by atoms with van der Waals surface area (Å²) in [6.45, 7) is 5.42. The fraction of sp³-hybridized carbons (Fsp3) is 0.409. The van der Waals surface area contributed by atoms with E-state index in [1.165, 1.54) is 17.7 Å². The highest BCUT2D eigenvalue weighted by atomic mass is 19.1. The van der Waals surface area contributed by atoms with Gasteiger partial charge in [-0.15, -0.1) is 0 Å². The molecule has 1 saturated heterocycles. The molecule has 1 fully saturated rings. The summed E-state index contributed by atoms with van der Waals surface area (Å²) in [5, 5.41) is 9.71. The van der Waals surface area contributed by atoms with Gasteiger partial charge in [-0.25, -0.2) is 4.39 Å². The fourth-order valence-corrected chi connectivity index (χ4v) is 4.21. The van der Waals surface area contributed by atoms with E-state index in [9.17, 15) is 9.65 Å². The van der Waals surface area contributed by atoms with Crippen molar-refractivity contribution in [3.8, 4) is 6.07 Å². The molecular weight excluding hydrogens is 311 g/mol. The first-order valence-electron chi connectivity index (χ1n) is 9.03. The molecule has 1 unspecified atom stereocenters. The first kappa shape index (κ1) is 17.6. The monoisotopic (exact) mass is 336 g/mol. The fourth-order valence-electron chi connectivity index (χ4n) is 4.21. The number of nitrogens with zero attached hydrogens (tertiary/aromatic N) is 2. The summed E-state index contributed by atoms with van der Waals surface area (Å²) < 4.78 is 13.6. The van der Waals surface area contributed by atoms with E-state index < -0.39 is 0 Å². The van der Waals surface area contributed by atoms with Crippen molar-refractivity contribution in [3.05, 3.63) is 71.5 Å². The Morgan fingerprint density at radius 1 is 1.08 bits per heavy atom. The van der Waals surface area contributed by atoms with Crippen LogP contribution in [0.25, 0.3) is 0 Å². The van der Waals surface area contributed by atoms with Crippen LogP contribution in [0.4, 0.5) is 4.39 Å². The first-order chi connectivity index (χ1) is 12.1. The van der Waals surface area contributed by atoms with Gasteiger partial charge in [0.25, 0.3) is 0 Å². The summed E-state index contributed by atoms with van der Waals surface area (Å²) in [7, 11) is 0. The summed E-state index contributed by atoms with van der Waals surface area (Å²) in [4.78, 5) is 2.52. The topological polar surface area (TPSA) is 27.0 Å². The molecule has 0 amide bonds. The largest absolute Gasteiger partial charge is 0.294 e. The standard InChI is InChI=1S/C22H25FN2/c1-16-11-20(22(14-24)19-9-6-10-21(23)13-19)12-17(2)25(16)15-18-7-4-3-5-8-18/h3-10,13,16-17,20,22H,11-12,15H2,1-2H3/t16-,17-,22?/m1/s1. The highest BCUT2D eigenvalue weighted by Crippen LogP contribution is 2.38. The average molecular weight is 336 g/mol. The molecule has 3 atom stereocenters. The molecule has 25 heavy (non-hydrogen) atoms. The summed E-state index contributed by atoms with van der Waals surface area (Å²) >= 11 is 0. The number of halogens is 1. The predicted octanol–water partition coefficient (Wildman–Crippen LogP) is 5.12. The molecule has 0 spiro atoms. The molecule has 3 heteroatoms. The van der Waals surface area contributed by atoms with E-state index in [0.29, 0.717) is 12.1 Å². The maximum Gasteiger partial charge on any atom is 0.123 e. The molecule has 0 saturated carbocycles. The van der Waals surface area contributed by atoms with Gasteiger partial charge in [-0.2, -0.15) is 5.26 Å². The van der Waals surface area contributed by atoms with Crippen molar-refractivity contribution in [1.29, 1.82) is 5.26 Å². The number of nitriles is 1. The minimum atomic E-state index is -0.264. The van der Waals surface area contributed by atoms with Gasteiger partial charge in [0.1, 0.15) is 5.82 Å². The average Bonchev–Trinajstić information content (AvgIpc) is 2.60. The maximum atomic E-state index is 13.6. The number of benzene rings is 2.